The molecule has 6 nitrogen and oxygen atoms in total. The number of ether oxygens (including phenoxy) is 1. The van der Waals surface area contributed by atoms with E-state index in [0.29, 0.717) is 6.61 Å². The standard InChI is InChI=1S/C13H24N2O4/c1-8(2)11(12(16)17)7-14-13(18)15-10-4-5-19-9(3)6-10/h8-11H,4-7H2,1-3H3,(H,16,17)(H2,14,15,18). The van der Waals surface area contributed by atoms with Crippen LogP contribution in [0.15, 0.2) is 0 Å². The average molecular weight is 272 g/mol. The Morgan fingerprint density at radius 2 is 2.11 bits per heavy atom. The summed E-state index contributed by atoms with van der Waals surface area (Å²) >= 11 is 0. The third-order valence-electron chi connectivity index (χ3n) is 3.42. The fourth-order valence-corrected chi connectivity index (χ4v) is 2.18. The van der Waals surface area contributed by atoms with E-state index in [1.165, 1.54) is 0 Å². The van der Waals surface area contributed by atoms with Crippen molar-refractivity contribution in [3.05, 3.63) is 0 Å². The Balaban J connectivity index is 2.32. The van der Waals surface area contributed by atoms with Gasteiger partial charge >= 0.3 is 12.0 Å². The molecule has 0 spiro atoms. The van der Waals surface area contributed by atoms with Crippen molar-refractivity contribution in [1.82, 2.24) is 10.6 Å². The molecule has 0 aromatic rings. The Morgan fingerprint density at radius 3 is 2.63 bits per heavy atom. The molecule has 3 atom stereocenters. The molecule has 1 heterocycles. The highest BCUT2D eigenvalue weighted by Gasteiger charge is 2.24. The molecule has 1 aliphatic heterocycles. The van der Waals surface area contributed by atoms with Crippen LogP contribution in [-0.4, -0.2) is 42.4 Å². The molecule has 2 amide bonds. The molecule has 6 heteroatoms. The largest absolute Gasteiger partial charge is 0.481 e. The van der Waals surface area contributed by atoms with Gasteiger partial charge in [0.05, 0.1) is 12.0 Å². The summed E-state index contributed by atoms with van der Waals surface area (Å²) in [6.45, 7) is 6.44. The number of carboxylic acid groups (broad SMARTS) is 1. The van der Waals surface area contributed by atoms with Crippen molar-refractivity contribution in [2.24, 2.45) is 11.8 Å². The Kier molecular flexibility index (Phi) is 6.08. The molecule has 110 valence electrons. The first-order valence-corrected chi connectivity index (χ1v) is 6.79. The molecule has 1 aliphatic rings. The van der Waals surface area contributed by atoms with Crippen LogP contribution in [0, 0.1) is 11.8 Å². The summed E-state index contributed by atoms with van der Waals surface area (Å²) in [5, 5.41) is 14.5. The van der Waals surface area contributed by atoms with Gasteiger partial charge in [0.15, 0.2) is 0 Å². The highest BCUT2D eigenvalue weighted by atomic mass is 16.5. The number of rotatable bonds is 5. The maximum atomic E-state index is 11.7. The molecule has 1 saturated heterocycles. The maximum absolute atomic E-state index is 11.7. The highest BCUT2D eigenvalue weighted by molar-refractivity contribution is 5.76. The summed E-state index contributed by atoms with van der Waals surface area (Å²) in [6.07, 6.45) is 1.74. The molecule has 0 saturated carbocycles. The predicted molar refractivity (Wildman–Crippen MR) is 70.9 cm³/mol. The van der Waals surface area contributed by atoms with E-state index in [-0.39, 0.29) is 30.6 Å². The molecule has 0 aromatic carbocycles. The third-order valence-corrected chi connectivity index (χ3v) is 3.42. The Hall–Kier alpha value is -1.30. The lowest BCUT2D eigenvalue weighted by Gasteiger charge is -2.28. The summed E-state index contributed by atoms with van der Waals surface area (Å²) < 4.78 is 5.40. The minimum absolute atomic E-state index is 0.0131. The third kappa shape index (κ3) is 5.46. The van der Waals surface area contributed by atoms with Crippen LogP contribution in [0.1, 0.15) is 33.6 Å². The zero-order valence-electron chi connectivity index (χ0n) is 11.8. The van der Waals surface area contributed by atoms with E-state index >= 15 is 0 Å². The van der Waals surface area contributed by atoms with E-state index in [0.717, 1.165) is 12.8 Å². The molecule has 0 aliphatic carbocycles. The van der Waals surface area contributed by atoms with Crippen LogP contribution in [0.25, 0.3) is 0 Å². The summed E-state index contributed by atoms with van der Waals surface area (Å²) in [7, 11) is 0. The Morgan fingerprint density at radius 1 is 1.42 bits per heavy atom. The van der Waals surface area contributed by atoms with Gasteiger partial charge in [-0.15, -0.1) is 0 Å². The second-order valence-corrected chi connectivity index (χ2v) is 5.45. The smallest absolute Gasteiger partial charge is 0.315 e. The van der Waals surface area contributed by atoms with E-state index < -0.39 is 11.9 Å². The second-order valence-electron chi connectivity index (χ2n) is 5.45. The SMILES string of the molecule is CC1CC(NC(=O)NCC(C(=O)O)C(C)C)CCO1. The maximum Gasteiger partial charge on any atom is 0.315 e. The van der Waals surface area contributed by atoms with E-state index in [2.05, 4.69) is 10.6 Å². The van der Waals surface area contributed by atoms with Crippen molar-refractivity contribution < 1.29 is 19.4 Å². The van der Waals surface area contributed by atoms with Crippen LogP contribution < -0.4 is 10.6 Å². The molecular formula is C13H24N2O4. The van der Waals surface area contributed by atoms with Crippen molar-refractivity contribution in [2.45, 2.75) is 45.8 Å². The molecule has 19 heavy (non-hydrogen) atoms. The molecule has 0 radical (unpaired) electrons. The molecular weight excluding hydrogens is 248 g/mol. The quantitative estimate of drug-likeness (QED) is 0.702. The Labute approximate surface area is 113 Å². The zero-order valence-corrected chi connectivity index (χ0v) is 11.8. The number of aliphatic carboxylic acids is 1. The lowest BCUT2D eigenvalue weighted by molar-refractivity contribution is -0.142. The van der Waals surface area contributed by atoms with Gasteiger partial charge in [0.25, 0.3) is 0 Å². The van der Waals surface area contributed by atoms with Crippen LogP contribution in [0.3, 0.4) is 0 Å². The number of amides is 2. The number of carbonyl (C=O) groups excluding carboxylic acids is 1. The van der Waals surface area contributed by atoms with E-state index in [1.54, 1.807) is 0 Å². The van der Waals surface area contributed by atoms with Gasteiger partial charge in [-0.05, 0) is 25.7 Å². The minimum Gasteiger partial charge on any atom is -0.481 e. The lowest BCUT2D eigenvalue weighted by Crippen LogP contribution is -2.47. The normalized spacial score (nSPS) is 24.8. The van der Waals surface area contributed by atoms with Crippen LogP contribution in [0.2, 0.25) is 0 Å². The summed E-state index contributed by atoms with van der Waals surface area (Å²) in [4.78, 5) is 22.7. The fraction of sp³-hybridized carbons (Fsp3) is 0.846. The zero-order chi connectivity index (χ0) is 14.4. The van der Waals surface area contributed by atoms with Gasteiger partial charge in [-0.3, -0.25) is 4.79 Å². The topological polar surface area (TPSA) is 87.7 Å². The van der Waals surface area contributed by atoms with Gasteiger partial charge in [0, 0.05) is 19.2 Å². The van der Waals surface area contributed by atoms with Crippen molar-refractivity contribution in [3.63, 3.8) is 0 Å². The molecule has 1 fully saturated rings. The van der Waals surface area contributed by atoms with E-state index in [1.807, 2.05) is 20.8 Å². The number of hydrogen-bond acceptors (Lipinski definition) is 3. The van der Waals surface area contributed by atoms with Crippen LogP contribution >= 0.6 is 0 Å². The highest BCUT2D eigenvalue weighted by Crippen LogP contribution is 2.13. The number of urea groups is 1. The first kappa shape index (κ1) is 15.8. The molecule has 0 bridgehead atoms. The fourth-order valence-electron chi connectivity index (χ4n) is 2.18. The minimum atomic E-state index is -0.880. The monoisotopic (exact) mass is 272 g/mol. The first-order valence-electron chi connectivity index (χ1n) is 6.79. The van der Waals surface area contributed by atoms with Gasteiger partial charge in [-0.1, -0.05) is 13.8 Å². The number of nitrogens with one attached hydrogen (secondary N) is 2. The van der Waals surface area contributed by atoms with Crippen molar-refractivity contribution >= 4 is 12.0 Å². The average Bonchev–Trinajstić information content (AvgIpc) is 2.27. The van der Waals surface area contributed by atoms with E-state index in [4.69, 9.17) is 9.84 Å². The number of carbonyl (C=O) groups is 2. The van der Waals surface area contributed by atoms with Gasteiger partial charge < -0.3 is 20.5 Å². The molecule has 3 unspecified atom stereocenters. The second kappa shape index (κ2) is 7.33. The van der Waals surface area contributed by atoms with Crippen molar-refractivity contribution in [2.75, 3.05) is 13.2 Å². The van der Waals surface area contributed by atoms with Crippen LogP contribution in [-0.2, 0) is 9.53 Å². The summed E-state index contributed by atoms with van der Waals surface area (Å²) in [5.41, 5.74) is 0. The van der Waals surface area contributed by atoms with Gasteiger partial charge in [0.1, 0.15) is 0 Å². The van der Waals surface area contributed by atoms with E-state index in [9.17, 15) is 9.59 Å². The van der Waals surface area contributed by atoms with Crippen LogP contribution in [0.4, 0.5) is 4.79 Å². The van der Waals surface area contributed by atoms with Gasteiger partial charge in [-0.2, -0.15) is 0 Å². The summed E-state index contributed by atoms with van der Waals surface area (Å²) in [6, 6.07) is -0.197. The number of carboxylic acids is 1. The van der Waals surface area contributed by atoms with Crippen LogP contribution in [0.5, 0.6) is 0 Å². The van der Waals surface area contributed by atoms with Crippen molar-refractivity contribution in [1.29, 1.82) is 0 Å². The molecule has 1 rings (SSSR count). The van der Waals surface area contributed by atoms with Gasteiger partial charge in [0.2, 0.25) is 0 Å². The first-order chi connectivity index (χ1) is 8.90. The Bertz CT molecular complexity index is 320. The predicted octanol–water partition coefficient (Wildman–Crippen LogP) is 1.21. The van der Waals surface area contributed by atoms with Gasteiger partial charge in [-0.25, -0.2) is 4.79 Å². The number of hydrogen-bond donors (Lipinski definition) is 3. The molecule has 3 N–H and O–H groups in total. The molecule has 0 aromatic heterocycles. The van der Waals surface area contributed by atoms with Crippen molar-refractivity contribution in [3.8, 4) is 0 Å². The lowest BCUT2D eigenvalue weighted by atomic mass is 9.96. The summed E-state index contributed by atoms with van der Waals surface area (Å²) in [5.74, 6) is -1.45.